The van der Waals surface area contributed by atoms with Gasteiger partial charge in [-0.1, -0.05) is 11.6 Å². The summed E-state index contributed by atoms with van der Waals surface area (Å²) >= 11 is 9.11. The molecule has 2 rings (SSSR count). The summed E-state index contributed by atoms with van der Waals surface area (Å²) in [7, 11) is 0. The molecule has 19 heavy (non-hydrogen) atoms. The fraction of sp³-hybridized carbons (Fsp3) is 0. The van der Waals surface area contributed by atoms with Gasteiger partial charge in [-0.15, -0.1) is 0 Å². The molecule has 3 N–H and O–H groups in total. The van der Waals surface area contributed by atoms with Gasteiger partial charge in [-0.3, -0.25) is 4.79 Å². The SMILES string of the molecule is Nc1ccc(C(=O)Nc2ccc(F)cc2Br)c(Cl)c1. The zero-order valence-corrected chi connectivity index (χ0v) is 11.9. The number of carbonyl (C=O) groups is 1. The van der Waals surface area contributed by atoms with Crippen LogP contribution in [-0.4, -0.2) is 5.91 Å². The number of hydrogen-bond acceptors (Lipinski definition) is 2. The Morgan fingerprint density at radius 1 is 1.26 bits per heavy atom. The second-order valence-corrected chi connectivity index (χ2v) is 5.08. The minimum atomic E-state index is -0.393. The maximum atomic E-state index is 12.9. The normalized spacial score (nSPS) is 10.3. The smallest absolute Gasteiger partial charge is 0.257 e. The van der Waals surface area contributed by atoms with Crippen LogP contribution in [0.4, 0.5) is 15.8 Å². The third kappa shape index (κ3) is 3.24. The van der Waals surface area contributed by atoms with Crippen molar-refractivity contribution in [3.05, 3.63) is 57.3 Å². The Kier molecular flexibility index (Phi) is 4.07. The number of carbonyl (C=O) groups excluding carboxylic acids is 1. The molecule has 2 aromatic rings. The van der Waals surface area contributed by atoms with Crippen molar-refractivity contribution in [1.82, 2.24) is 0 Å². The topological polar surface area (TPSA) is 55.1 Å². The van der Waals surface area contributed by atoms with Crippen molar-refractivity contribution in [2.24, 2.45) is 0 Å². The van der Waals surface area contributed by atoms with Gasteiger partial charge in [0.2, 0.25) is 0 Å². The lowest BCUT2D eigenvalue weighted by Gasteiger charge is -2.09. The van der Waals surface area contributed by atoms with Crippen LogP contribution in [0.5, 0.6) is 0 Å². The van der Waals surface area contributed by atoms with E-state index < -0.39 is 11.7 Å². The Morgan fingerprint density at radius 3 is 2.63 bits per heavy atom. The first-order valence-corrected chi connectivity index (χ1v) is 6.46. The van der Waals surface area contributed by atoms with E-state index in [4.69, 9.17) is 17.3 Å². The van der Waals surface area contributed by atoms with Crippen molar-refractivity contribution in [3.8, 4) is 0 Å². The van der Waals surface area contributed by atoms with Crippen molar-refractivity contribution in [3.63, 3.8) is 0 Å². The highest BCUT2D eigenvalue weighted by atomic mass is 79.9. The van der Waals surface area contributed by atoms with Gasteiger partial charge in [-0.05, 0) is 52.3 Å². The first kappa shape index (κ1) is 13.8. The second kappa shape index (κ2) is 5.59. The van der Waals surface area contributed by atoms with Gasteiger partial charge in [0.15, 0.2) is 0 Å². The molecular weight excluding hydrogens is 335 g/mol. The summed E-state index contributed by atoms with van der Waals surface area (Å²) in [6.07, 6.45) is 0. The van der Waals surface area contributed by atoms with Crippen molar-refractivity contribution >= 4 is 44.8 Å². The molecule has 98 valence electrons. The van der Waals surface area contributed by atoms with Crippen LogP contribution in [0.15, 0.2) is 40.9 Å². The minimum absolute atomic E-state index is 0.260. The molecule has 0 aliphatic heterocycles. The molecule has 0 spiro atoms. The van der Waals surface area contributed by atoms with Gasteiger partial charge < -0.3 is 11.1 Å². The Bertz CT molecular complexity index is 649. The van der Waals surface area contributed by atoms with Gasteiger partial charge in [-0.2, -0.15) is 0 Å². The molecule has 0 radical (unpaired) electrons. The van der Waals surface area contributed by atoms with Crippen LogP contribution in [0.3, 0.4) is 0 Å². The second-order valence-electron chi connectivity index (χ2n) is 3.82. The van der Waals surface area contributed by atoms with E-state index in [2.05, 4.69) is 21.2 Å². The standard InChI is InChI=1S/C13H9BrClFN2O/c14-10-5-7(16)1-4-12(10)18-13(19)9-3-2-8(17)6-11(9)15/h1-6H,17H2,(H,18,19). The summed E-state index contributed by atoms with van der Waals surface area (Å²) in [5.41, 5.74) is 6.79. The van der Waals surface area contributed by atoms with Gasteiger partial charge >= 0.3 is 0 Å². The predicted octanol–water partition coefficient (Wildman–Crippen LogP) is 4.08. The van der Waals surface area contributed by atoms with Gasteiger partial charge in [0.1, 0.15) is 5.82 Å². The lowest BCUT2D eigenvalue weighted by molar-refractivity contribution is 0.102. The number of nitrogens with two attached hydrogens (primary N) is 1. The van der Waals surface area contributed by atoms with E-state index >= 15 is 0 Å². The molecule has 0 aliphatic rings. The average molecular weight is 344 g/mol. The van der Waals surface area contributed by atoms with E-state index in [-0.39, 0.29) is 5.02 Å². The Morgan fingerprint density at radius 2 is 2.00 bits per heavy atom. The first-order valence-electron chi connectivity index (χ1n) is 5.29. The highest BCUT2D eigenvalue weighted by Gasteiger charge is 2.12. The summed E-state index contributed by atoms with van der Waals surface area (Å²) in [5.74, 6) is -0.785. The van der Waals surface area contributed by atoms with Crippen LogP contribution < -0.4 is 11.1 Å². The van der Waals surface area contributed by atoms with Gasteiger partial charge in [0, 0.05) is 10.2 Å². The van der Waals surface area contributed by atoms with E-state index in [0.717, 1.165) is 0 Å². The molecule has 0 saturated heterocycles. The summed E-state index contributed by atoms with van der Waals surface area (Å²) in [4.78, 5) is 12.0. The third-order valence-corrected chi connectivity index (χ3v) is 3.39. The fourth-order valence-electron chi connectivity index (χ4n) is 1.50. The molecule has 3 nitrogen and oxygen atoms in total. The molecule has 2 aromatic carbocycles. The number of anilines is 2. The number of rotatable bonds is 2. The number of amides is 1. The number of nitrogen functional groups attached to an aromatic ring is 1. The summed E-state index contributed by atoms with van der Waals surface area (Å²) in [5, 5.41) is 2.90. The van der Waals surface area contributed by atoms with Crippen LogP contribution in [0.25, 0.3) is 0 Å². The number of nitrogens with one attached hydrogen (secondary N) is 1. The van der Waals surface area contributed by atoms with Crippen molar-refractivity contribution in [2.45, 2.75) is 0 Å². The molecule has 0 fully saturated rings. The summed E-state index contributed by atoms with van der Waals surface area (Å²) in [6, 6.07) is 8.59. The first-order chi connectivity index (χ1) is 8.97. The summed E-state index contributed by atoms with van der Waals surface area (Å²) in [6.45, 7) is 0. The van der Waals surface area contributed by atoms with E-state index in [1.807, 2.05) is 0 Å². The largest absolute Gasteiger partial charge is 0.399 e. The molecule has 0 heterocycles. The quantitative estimate of drug-likeness (QED) is 0.807. The van der Waals surface area contributed by atoms with Crippen LogP contribution >= 0.6 is 27.5 Å². The van der Waals surface area contributed by atoms with Crippen molar-refractivity contribution in [1.29, 1.82) is 0 Å². The molecular formula is C13H9BrClFN2O. The lowest BCUT2D eigenvalue weighted by atomic mass is 10.2. The zero-order valence-electron chi connectivity index (χ0n) is 9.58. The molecule has 0 bridgehead atoms. The molecule has 0 aromatic heterocycles. The summed E-state index contributed by atoms with van der Waals surface area (Å²) < 4.78 is 13.4. The van der Waals surface area contributed by atoms with Gasteiger partial charge in [0.25, 0.3) is 5.91 Å². The Labute approximate surface area is 122 Å². The van der Waals surface area contributed by atoms with Crippen molar-refractivity contribution < 1.29 is 9.18 Å². The molecule has 6 heteroatoms. The molecule has 0 atom stereocenters. The fourth-order valence-corrected chi connectivity index (χ4v) is 2.22. The Hall–Kier alpha value is -1.59. The molecule has 1 amide bonds. The van der Waals surface area contributed by atoms with E-state index in [1.54, 1.807) is 6.07 Å². The van der Waals surface area contributed by atoms with E-state index in [9.17, 15) is 9.18 Å². The van der Waals surface area contributed by atoms with Crippen molar-refractivity contribution in [2.75, 3.05) is 11.1 Å². The monoisotopic (exact) mass is 342 g/mol. The van der Waals surface area contributed by atoms with Crippen LogP contribution in [0.2, 0.25) is 5.02 Å². The van der Waals surface area contributed by atoms with E-state index in [1.165, 1.54) is 30.3 Å². The molecule has 0 saturated carbocycles. The van der Waals surface area contributed by atoms with Crippen LogP contribution in [-0.2, 0) is 0 Å². The van der Waals surface area contributed by atoms with Gasteiger partial charge in [-0.25, -0.2) is 4.39 Å². The van der Waals surface area contributed by atoms with Crippen LogP contribution in [0, 0.1) is 5.82 Å². The maximum absolute atomic E-state index is 12.9. The van der Waals surface area contributed by atoms with Crippen LogP contribution in [0.1, 0.15) is 10.4 Å². The number of halogens is 3. The predicted molar refractivity (Wildman–Crippen MR) is 77.9 cm³/mol. The zero-order chi connectivity index (χ0) is 14.0. The molecule has 0 unspecified atom stereocenters. The highest BCUT2D eigenvalue weighted by molar-refractivity contribution is 9.10. The highest BCUT2D eigenvalue weighted by Crippen LogP contribution is 2.25. The number of benzene rings is 2. The van der Waals surface area contributed by atoms with E-state index in [0.29, 0.717) is 21.4 Å². The Balaban J connectivity index is 2.25. The van der Waals surface area contributed by atoms with Gasteiger partial charge in [0.05, 0.1) is 16.3 Å². The maximum Gasteiger partial charge on any atom is 0.257 e. The minimum Gasteiger partial charge on any atom is -0.399 e. The molecule has 0 aliphatic carbocycles. The number of hydrogen-bond donors (Lipinski definition) is 2. The average Bonchev–Trinajstić information content (AvgIpc) is 2.32. The third-order valence-electron chi connectivity index (χ3n) is 2.42. The lowest BCUT2D eigenvalue weighted by Crippen LogP contribution is -2.13.